The largest absolute Gasteiger partial charge is 0.496 e. The molecule has 0 spiro atoms. The summed E-state index contributed by atoms with van der Waals surface area (Å²) in [6.07, 6.45) is 2.31. The SMILES string of the molecule is COc1ccc(S(=O)(=O)NCC(c2ccccc2)N2CCCC2)cc1Br. The van der Waals surface area contributed by atoms with Gasteiger partial charge in [-0.05, 0) is 65.6 Å². The highest BCUT2D eigenvalue weighted by atomic mass is 79.9. The third-order valence-corrected chi connectivity index (χ3v) is 6.71. The lowest BCUT2D eigenvalue weighted by atomic mass is 10.1. The molecule has 1 atom stereocenters. The van der Waals surface area contributed by atoms with Crippen LogP contribution < -0.4 is 9.46 Å². The Bertz CT molecular complexity index is 837. The maximum Gasteiger partial charge on any atom is 0.240 e. The molecule has 7 heteroatoms. The zero-order valence-electron chi connectivity index (χ0n) is 14.7. The van der Waals surface area contributed by atoms with Gasteiger partial charge >= 0.3 is 0 Å². The predicted octanol–water partition coefficient (Wildman–Crippen LogP) is 3.57. The standard InChI is InChI=1S/C19H23BrN2O3S/c1-25-19-10-9-16(13-17(19)20)26(23,24)21-14-18(22-11-5-6-12-22)15-7-3-2-4-8-15/h2-4,7-10,13,18,21H,5-6,11-12,14H2,1H3. The highest BCUT2D eigenvalue weighted by molar-refractivity contribution is 9.10. The summed E-state index contributed by atoms with van der Waals surface area (Å²) in [5, 5.41) is 0. The summed E-state index contributed by atoms with van der Waals surface area (Å²) in [6.45, 7) is 2.33. The normalized spacial score (nSPS) is 16.5. The molecular formula is C19H23BrN2O3S. The van der Waals surface area contributed by atoms with Crippen molar-refractivity contribution in [2.45, 2.75) is 23.8 Å². The van der Waals surface area contributed by atoms with Gasteiger partial charge in [-0.3, -0.25) is 4.90 Å². The van der Waals surface area contributed by atoms with Gasteiger partial charge < -0.3 is 4.74 Å². The van der Waals surface area contributed by atoms with Crippen molar-refractivity contribution in [3.63, 3.8) is 0 Å². The Labute approximate surface area is 163 Å². The van der Waals surface area contributed by atoms with Crippen LogP contribution >= 0.6 is 15.9 Å². The van der Waals surface area contributed by atoms with E-state index in [1.165, 1.54) is 0 Å². The summed E-state index contributed by atoms with van der Waals surface area (Å²) in [7, 11) is -2.05. The first kappa shape index (κ1) is 19.4. The van der Waals surface area contributed by atoms with Crippen molar-refractivity contribution >= 4 is 26.0 Å². The van der Waals surface area contributed by atoms with E-state index in [9.17, 15) is 8.42 Å². The van der Waals surface area contributed by atoms with Crippen LogP contribution in [0.25, 0.3) is 0 Å². The van der Waals surface area contributed by atoms with Gasteiger partial charge in [0.2, 0.25) is 10.0 Å². The van der Waals surface area contributed by atoms with Gasteiger partial charge in [0.15, 0.2) is 0 Å². The molecule has 1 heterocycles. The van der Waals surface area contributed by atoms with Gasteiger partial charge in [-0.2, -0.15) is 0 Å². The van der Waals surface area contributed by atoms with Crippen molar-refractivity contribution in [1.29, 1.82) is 0 Å². The third kappa shape index (κ3) is 4.46. The van der Waals surface area contributed by atoms with Crippen molar-refractivity contribution in [1.82, 2.24) is 9.62 Å². The summed E-state index contributed by atoms with van der Waals surface area (Å²) in [4.78, 5) is 2.57. The summed E-state index contributed by atoms with van der Waals surface area (Å²) in [5.41, 5.74) is 1.13. The van der Waals surface area contributed by atoms with Crippen molar-refractivity contribution in [2.24, 2.45) is 0 Å². The molecule has 0 aliphatic carbocycles. The number of halogens is 1. The number of methoxy groups -OCH3 is 1. The van der Waals surface area contributed by atoms with E-state index in [-0.39, 0.29) is 10.9 Å². The lowest BCUT2D eigenvalue weighted by Gasteiger charge is -2.28. The number of hydrogen-bond acceptors (Lipinski definition) is 4. The molecule has 2 aromatic rings. The van der Waals surface area contributed by atoms with E-state index in [1.54, 1.807) is 25.3 Å². The van der Waals surface area contributed by atoms with E-state index in [4.69, 9.17) is 4.74 Å². The summed E-state index contributed by atoms with van der Waals surface area (Å²) in [5.74, 6) is 0.600. The van der Waals surface area contributed by atoms with Crippen LogP contribution in [-0.2, 0) is 10.0 Å². The van der Waals surface area contributed by atoms with Gasteiger partial charge in [-0.1, -0.05) is 30.3 Å². The van der Waals surface area contributed by atoms with Gasteiger partial charge in [-0.15, -0.1) is 0 Å². The molecule has 0 bridgehead atoms. The fourth-order valence-electron chi connectivity index (χ4n) is 3.27. The van der Waals surface area contributed by atoms with E-state index in [2.05, 4.69) is 37.7 Å². The number of nitrogens with zero attached hydrogens (tertiary/aromatic N) is 1. The minimum Gasteiger partial charge on any atom is -0.496 e. The number of sulfonamides is 1. The first-order valence-electron chi connectivity index (χ1n) is 8.63. The lowest BCUT2D eigenvalue weighted by Crippen LogP contribution is -2.36. The number of rotatable bonds is 7. The van der Waals surface area contributed by atoms with Gasteiger partial charge in [-0.25, -0.2) is 13.1 Å². The Balaban J connectivity index is 1.78. The van der Waals surface area contributed by atoms with Crippen LogP contribution in [0.2, 0.25) is 0 Å². The molecule has 1 unspecified atom stereocenters. The van der Waals surface area contributed by atoms with Crippen LogP contribution in [0, 0.1) is 0 Å². The first-order valence-corrected chi connectivity index (χ1v) is 10.9. The Hall–Kier alpha value is -1.41. The molecule has 1 aliphatic rings. The van der Waals surface area contributed by atoms with Gasteiger partial charge in [0.25, 0.3) is 0 Å². The Morgan fingerprint density at radius 1 is 1.15 bits per heavy atom. The van der Waals surface area contributed by atoms with Crippen molar-refractivity contribution < 1.29 is 13.2 Å². The Morgan fingerprint density at radius 3 is 2.46 bits per heavy atom. The molecule has 0 aromatic heterocycles. The van der Waals surface area contributed by atoms with E-state index >= 15 is 0 Å². The zero-order chi connectivity index (χ0) is 18.6. The minimum atomic E-state index is -3.60. The number of ether oxygens (including phenoxy) is 1. The Morgan fingerprint density at radius 2 is 1.85 bits per heavy atom. The van der Waals surface area contributed by atoms with Crippen molar-refractivity contribution in [3.05, 3.63) is 58.6 Å². The van der Waals surface area contributed by atoms with Gasteiger partial charge in [0.1, 0.15) is 5.75 Å². The maximum atomic E-state index is 12.7. The molecule has 140 valence electrons. The van der Waals surface area contributed by atoms with Gasteiger partial charge in [0.05, 0.1) is 16.5 Å². The van der Waals surface area contributed by atoms with Crippen LogP contribution in [0.3, 0.4) is 0 Å². The van der Waals surface area contributed by atoms with Crippen molar-refractivity contribution in [3.8, 4) is 5.75 Å². The minimum absolute atomic E-state index is 0.0372. The summed E-state index contributed by atoms with van der Waals surface area (Å²) in [6, 6.07) is 14.9. The summed E-state index contributed by atoms with van der Waals surface area (Å²) >= 11 is 3.34. The molecule has 1 fully saturated rings. The second kappa shape index (κ2) is 8.52. The molecule has 3 rings (SSSR count). The second-order valence-electron chi connectivity index (χ2n) is 6.32. The van der Waals surface area contributed by atoms with Crippen LogP contribution in [0.15, 0.2) is 57.9 Å². The van der Waals surface area contributed by atoms with Crippen molar-refractivity contribution in [2.75, 3.05) is 26.7 Å². The van der Waals surface area contributed by atoms with Crippen LogP contribution in [0.1, 0.15) is 24.4 Å². The van der Waals surface area contributed by atoms with Crippen LogP contribution in [-0.4, -0.2) is 40.1 Å². The third-order valence-electron chi connectivity index (χ3n) is 4.67. The molecule has 1 N–H and O–H groups in total. The Kier molecular flexibility index (Phi) is 6.34. The number of hydrogen-bond donors (Lipinski definition) is 1. The monoisotopic (exact) mass is 438 g/mol. The van der Waals surface area contributed by atoms with E-state index in [0.717, 1.165) is 31.5 Å². The fourth-order valence-corrected chi connectivity index (χ4v) is 5.03. The van der Waals surface area contributed by atoms with Gasteiger partial charge in [0, 0.05) is 12.6 Å². The molecule has 2 aromatic carbocycles. The number of nitrogens with one attached hydrogen (secondary N) is 1. The molecule has 0 radical (unpaired) electrons. The topological polar surface area (TPSA) is 58.6 Å². The molecule has 5 nitrogen and oxygen atoms in total. The van der Waals surface area contributed by atoms with E-state index in [0.29, 0.717) is 16.8 Å². The number of benzene rings is 2. The second-order valence-corrected chi connectivity index (χ2v) is 8.94. The maximum absolute atomic E-state index is 12.7. The molecule has 1 saturated heterocycles. The number of likely N-dealkylation sites (tertiary alicyclic amines) is 1. The highest BCUT2D eigenvalue weighted by Crippen LogP contribution is 2.28. The first-order chi connectivity index (χ1) is 12.5. The highest BCUT2D eigenvalue weighted by Gasteiger charge is 2.25. The fraction of sp³-hybridized carbons (Fsp3) is 0.368. The zero-order valence-corrected chi connectivity index (χ0v) is 17.1. The molecule has 0 saturated carbocycles. The average Bonchev–Trinajstić information content (AvgIpc) is 3.17. The van der Waals surface area contributed by atoms with E-state index in [1.807, 2.05) is 18.2 Å². The summed E-state index contributed by atoms with van der Waals surface area (Å²) < 4.78 is 34.1. The van der Waals surface area contributed by atoms with E-state index < -0.39 is 10.0 Å². The molecular weight excluding hydrogens is 416 g/mol. The van der Waals surface area contributed by atoms with Crippen LogP contribution in [0.5, 0.6) is 5.75 Å². The average molecular weight is 439 g/mol. The quantitative estimate of drug-likeness (QED) is 0.717. The molecule has 0 amide bonds. The molecule has 1 aliphatic heterocycles. The predicted molar refractivity (Wildman–Crippen MR) is 106 cm³/mol. The lowest BCUT2D eigenvalue weighted by molar-refractivity contribution is 0.246. The smallest absolute Gasteiger partial charge is 0.240 e. The van der Waals surface area contributed by atoms with Crippen LogP contribution in [0.4, 0.5) is 0 Å². The molecule has 26 heavy (non-hydrogen) atoms.